The Morgan fingerprint density at radius 1 is 1.67 bits per heavy atom. The molecule has 4 heteroatoms. The largest absolute Gasteiger partial charge is 0.374 e. The molecule has 2 nitrogen and oxygen atoms in total. The van der Waals surface area contributed by atoms with E-state index < -0.39 is 19.0 Å². The van der Waals surface area contributed by atoms with Crippen molar-refractivity contribution in [2.24, 2.45) is 0 Å². The summed E-state index contributed by atoms with van der Waals surface area (Å²) in [4.78, 5) is 9.81. The van der Waals surface area contributed by atoms with Crippen molar-refractivity contribution >= 4 is 6.29 Å². The lowest BCUT2D eigenvalue weighted by molar-refractivity contribution is -0.118. The molecule has 0 bridgehead atoms. The molecule has 9 heavy (non-hydrogen) atoms. The minimum atomic E-state index is -2.47. The fourth-order valence-corrected chi connectivity index (χ4v) is 0.383. The number of alkyl halides is 2. The first-order chi connectivity index (χ1) is 4.20. The monoisotopic (exact) mass is 138 g/mol. The molecule has 0 radical (unpaired) electrons. The summed E-state index contributed by atoms with van der Waals surface area (Å²) in [6, 6.07) is 0. The van der Waals surface area contributed by atoms with Gasteiger partial charge in [-0.25, -0.2) is 8.78 Å². The van der Waals surface area contributed by atoms with Crippen LogP contribution in [0.15, 0.2) is 0 Å². The first-order valence-electron chi connectivity index (χ1n) is 2.47. The molecule has 0 aromatic rings. The number of carbonyl (C=O) groups excluding carboxylic acids is 1. The molecular formula is C5H8F2O2. The van der Waals surface area contributed by atoms with E-state index >= 15 is 0 Å². The maximum atomic E-state index is 11.4. The highest BCUT2D eigenvalue weighted by Gasteiger charge is 2.12. The molecule has 0 aliphatic rings. The van der Waals surface area contributed by atoms with Crippen LogP contribution in [0.4, 0.5) is 8.78 Å². The highest BCUT2D eigenvalue weighted by atomic mass is 19.3. The highest BCUT2D eigenvalue weighted by molar-refractivity contribution is 5.55. The van der Waals surface area contributed by atoms with Gasteiger partial charge < -0.3 is 9.53 Å². The number of ether oxygens (including phenoxy) is 1. The summed E-state index contributed by atoms with van der Waals surface area (Å²) in [6.45, 7) is 0. The third kappa shape index (κ3) is 4.02. The summed E-state index contributed by atoms with van der Waals surface area (Å²) >= 11 is 0. The Kier molecular flexibility index (Phi) is 4.13. The zero-order chi connectivity index (χ0) is 7.28. The van der Waals surface area contributed by atoms with Gasteiger partial charge in [-0.3, -0.25) is 0 Å². The Morgan fingerprint density at radius 2 is 2.22 bits per heavy atom. The molecule has 0 amide bonds. The summed E-state index contributed by atoms with van der Waals surface area (Å²) in [5, 5.41) is 0. The topological polar surface area (TPSA) is 26.3 Å². The van der Waals surface area contributed by atoms with E-state index in [4.69, 9.17) is 0 Å². The van der Waals surface area contributed by atoms with Crippen LogP contribution in [-0.2, 0) is 9.53 Å². The van der Waals surface area contributed by atoms with Crippen LogP contribution in [0.3, 0.4) is 0 Å². The van der Waals surface area contributed by atoms with Gasteiger partial charge in [0.2, 0.25) is 6.43 Å². The maximum absolute atomic E-state index is 11.4. The number of hydrogen-bond donors (Lipinski definition) is 0. The molecule has 0 aliphatic carbocycles. The second-order valence-electron chi connectivity index (χ2n) is 1.54. The van der Waals surface area contributed by atoms with E-state index in [2.05, 4.69) is 4.74 Å². The van der Waals surface area contributed by atoms with Crippen LogP contribution in [-0.4, -0.2) is 25.9 Å². The molecule has 0 rings (SSSR count). The van der Waals surface area contributed by atoms with Crippen molar-refractivity contribution in [3.8, 4) is 0 Å². The van der Waals surface area contributed by atoms with Crippen LogP contribution in [0.5, 0.6) is 0 Å². The van der Waals surface area contributed by atoms with Gasteiger partial charge in [-0.1, -0.05) is 0 Å². The van der Waals surface area contributed by atoms with Gasteiger partial charge in [0.25, 0.3) is 0 Å². The van der Waals surface area contributed by atoms with Crippen LogP contribution >= 0.6 is 0 Å². The fourth-order valence-electron chi connectivity index (χ4n) is 0.383. The second kappa shape index (κ2) is 4.38. The van der Waals surface area contributed by atoms with Crippen molar-refractivity contribution < 1.29 is 18.3 Å². The third-order valence-corrected chi connectivity index (χ3v) is 0.865. The van der Waals surface area contributed by atoms with Crippen molar-refractivity contribution in [2.75, 3.05) is 7.11 Å². The van der Waals surface area contributed by atoms with Crippen LogP contribution in [0.2, 0.25) is 0 Å². The quantitative estimate of drug-likeness (QED) is 0.538. The Labute approximate surface area is 51.8 Å². The third-order valence-electron chi connectivity index (χ3n) is 0.865. The number of rotatable bonds is 4. The van der Waals surface area contributed by atoms with E-state index in [0.29, 0.717) is 6.29 Å². The highest BCUT2D eigenvalue weighted by Crippen LogP contribution is 2.03. The Balaban J connectivity index is 3.42. The SMILES string of the molecule is COC(C=O)CC(F)F. The molecule has 0 N–H and O–H groups in total. The van der Waals surface area contributed by atoms with Crippen LogP contribution in [0.25, 0.3) is 0 Å². The molecule has 0 aromatic heterocycles. The zero-order valence-electron chi connectivity index (χ0n) is 5.01. The zero-order valence-corrected chi connectivity index (χ0v) is 5.01. The lowest BCUT2D eigenvalue weighted by Crippen LogP contribution is -2.15. The second-order valence-corrected chi connectivity index (χ2v) is 1.54. The number of hydrogen-bond acceptors (Lipinski definition) is 2. The summed E-state index contributed by atoms with van der Waals surface area (Å²) < 4.78 is 27.2. The smallest absolute Gasteiger partial charge is 0.241 e. The number of methoxy groups -OCH3 is 1. The minimum absolute atomic E-state index is 0.367. The normalized spacial score (nSPS) is 13.8. The van der Waals surface area contributed by atoms with E-state index in [9.17, 15) is 13.6 Å². The van der Waals surface area contributed by atoms with E-state index in [-0.39, 0.29) is 0 Å². The van der Waals surface area contributed by atoms with E-state index in [1.807, 2.05) is 0 Å². The predicted octanol–water partition coefficient (Wildman–Crippen LogP) is 0.856. The lowest BCUT2D eigenvalue weighted by Gasteiger charge is -2.04. The van der Waals surface area contributed by atoms with Crippen molar-refractivity contribution in [3.63, 3.8) is 0 Å². The van der Waals surface area contributed by atoms with Crippen molar-refractivity contribution in [2.45, 2.75) is 19.0 Å². The maximum Gasteiger partial charge on any atom is 0.241 e. The average Bonchev–Trinajstić information content (AvgIpc) is 1.82. The van der Waals surface area contributed by atoms with Crippen LogP contribution in [0.1, 0.15) is 6.42 Å². The summed E-state index contributed by atoms with van der Waals surface area (Å²) in [6.07, 6.45) is -3.57. The van der Waals surface area contributed by atoms with Gasteiger partial charge in [-0.15, -0.1) is 0 Å². The molecule has 0 spiro atoms. The van der Waals surface area contributed by atoms with Gasteiger partial charge in [0.15, 0.2) is 0 Å². The van der Waals surface area contributed by atoms with Crippen LogP contribution in [0, 0.1) is 0 Å². The lowest BCUT2D eigenvalue weighted by atomic mass is 10.3. The van der Waals surface area contributed by atoms with E-state index in [1.165, 1.54) is 7.11 Å². The van der Waals surface area contributed by atoms with Crippen molar-refractivity contribution in [3.05, 3.63) is 0 Å². The van der Waals surface area contributed by atoms with E-state index in [1.54, 1.807) is 0 Å². The Bertz CT molecular complexity index is 85.0. The molecule has 0 saturated carbocycles. The van der Waals surface area contributed by atoms with Crippen LogP contribution < -0.4 is 0 Å². The number of halogens is 2. The molecule has 0 saturated heterocycles. The van der Waals surface area contributed by atoms with Crippen molar-refractivity contribution in [1.29, 1.82) is 0 Å². The van der Waals surface area contributed by atoms with Gasteiger partial charge in [-0.2, -0.15) is 0 Å². The molecular weight excluding hydrogens is 130 g/mol. The predicted molar refractivity (Wildman–Crippen MR) is 27.5 cm³/mol. The number of aldehydes is 1. The Morgan fingerprint density at radius 3 is 2.33 bits per heavy atom. The molecule has 0 fully saturated rings. The molecule has 54 valence electrons. The average molecular weight is 138 g/mol. The number of carbonyl (C=O) groups is 1. The van der Waals surface area contributed by atoms with Gasteiger partial charge in [0, 0.05) is 13.5 Å². The molecule has 1 atom stereocenters. The molecule has 0 aliphatic heterocycles. The summed E-state index contributed by atoms with van der Waals surface area (Å²) in [5.41, 5.74) is 0. The van der Waals surface area contributed by atoms with Gasteiger partial charge >= 0.3 is 0 Å². The minimum Gasteiger partial charge on any atom is -0.374 e. The molecule has 0 aromatic carbocycles. The first-order valence-corrected chi connectivity index (χ1v) is 2.47. The summed E-state index contributed by atoms with van der Waals surface area (Å²) in [5.74, 6) is 0. The Hall–Kier alpha value is -0.510. The summed E-state index contributed by atoms with van der Waals surface area (Å²) in [7, 11) is 1.22. The first kappa shape index (κ1) is 8.49. The van der Waals surface area contributed by atoms with Gasteiger partial charge in [-0.05, 0) is 0 Å². The van der Waals surface area contributed by atoms with Gasteiger partial charge in [0.1, 0.15) is 12.4 Å². The molecule has 0 heterocycles. The fraction of sp³-hybridized carbons (Fsp3) is 0.800. The molecule has 1 unspecified atom stereocenters. The van der Waals surface area contributed by atoms with Gasteiger partial charge in [0.05, 0.1) is 0 Å². The van der Waals surface area contributed by atoms with E-state index in [0.717, 1.165) is 0 Å². The van der Waals surface area contributed by atoms with Crippen molar-refractivity contribution in [1.82, 2.24) is 0 Å². The standard InChI is InChI=1S/C5H8F2O2/c1-9-4(3-8)2-5(6)7/h3-5H,2H2,1H3.